The van der Waals surface area contributed by atoms with E-state index in [1.165, 1.54) is 0 Å². The minimum absolute atomic E-state index is 0.352. The number of hydrogen-bond acceptors (Lipinski definition) is 6. The predicted molar refractivity (Wildman–Crippen MR) is 75.2 cm³/mol. The van der Waals surface area contributed by atoms with E-state index in [1.807, 2.05) is 4.68 Å². The Morgan fingerprint density at radius 3 is 3.05 bits per heavy atom. The van der Waals surface area contributed by atoms with E-state index in [-0.39, 0.29) is 0 Å². The molecular formula is C12H23N5OS. The standard InChI is InChI=1S/C12H23N5OS/c1-10(2)8-17-12(13-14-15-17)19-7-5-16-4-6-18-11(3)9-16/h10-11H,4-9H2,1-3H3/t11-/m1/s1. The van der Waals surface area contributed by atoms with Crippen LogP contribution in [0.3, 0.4) is 0 Å². The molecule has 1 fully saturated rings. The zero-order valence-corrected chi connectivity index (χ0v) is 12.8. The smallest absolute Gasteiger partial charge is 0.209 e. The van der Waals surface area contributed by atoms with Gasteiger partial charge in [-0.15, -0.1) is 5.10 Å². The Morgan fingerprint density at radius 2 is 2.32 bits per heavy atom. The quantitative estimate of drug-likeness (QED) is 0.731. The summed E-state index contributed by atoms with van der Waals surface area (Å²) in [5.74, 6) is 1.58. The van der Waals surface area contributed by atoms with Gasteiger partial charge in [-0.2, -0.15) is 0 Å². The molecule has 0 spiro atoms. The Labute approximate surface area is 118 Å². The Bertz CT molecular complexity index is 384. The van der Waals surface area contributed by atoms with E-state index >= 15 is 0 Å². The van der Waals surface area contributed by atoms with Gasteiger partial charge in [-0.3, -0.25) is 4.90 Å². The van der Waals surface area contributed by atoms with Crippen LogP contribution in [0.4, 0.5) is 0 Å². The maximum absolute atomic E-state index is 5.54. The summed E-state index contributed by atoms with van der Waals surface area (Å²) in [5.41, 5.74) is 0. The fourth-order valence-corrected chi connectivity index (χ4v) is 3.01. The normalized spacial score (nSPS) is 21.2. The van der Waals surface area contributed by atoms with Crippen LogP contribution in [0, 0.1) is 5.92 Å². The van der Waals surface area contributed by atoms with Crippen LogP contribution in [0.1, 0.15) is 20.8 Å². The average Bonchev–Trinajstić information content (AvgIpc) is 2.76. The van der Waals surface area contributed by atoms with Crippen molar-refractivity contribution in [2.75, 3.05) is 32.0 Å². The average molecular weight is 285 g/mol. The maximum Gasteiger partial charge on any atom is 0.209 e. The zero-order valence-electron chi connectivity index (χ0n) is 11.9. The van der Waals surface area contributed by atoms with E-state index in [9.17, 15) is 0 Å². The third kappa shape index (κ3) is 4.74. The van der Waals surface area contributed by atoms with Gasteiger partial charge in [-0.05, 0) is 23.3 Å². The molecule has 1 saturated heterocycles. The lowest BCUT2D eigenvalue weighted by Crippen LogP contribution is -2.42. The van der Waals surface area contributed by atoms with Crippen molar-refractivity contribution in [3.8, 4) is 0 Å². The van der Waals surface area contributed by atoms with Crippen molar-refractivity contribution in [3.63, 3.8) is 0 Å². The van der Waals surface area contributed by atoms with Gasteiger partial charge >= 0.3 is 0 Å². The summed E-state index contributed by atoms with van der Waals surface area (Å²) in [6, 6.07) is 0. The fourth-order valence-electron chi connectivity index (χ4n) is 2.12. The fraction of sp³-hybridized carbons (Fsp3) is 0.917. The van der Waals surface area contributed by atoms with Gasteiger partial charge in [0.05, 0.1) is 12.7 Å². The lowest BCUT2D eigenvalue weighted by atomic mass is 10.2. The lowest BCUT2D eigenvalue weighted by Gasteiger charge is -2.30. The molecule has 0 amide bonds. The Hall–Kier alpha value is -0.660. The summed E-state index contributed by atoms with van der Waals surface area (Å²) in [5, 5.41) is 12.8. The van der Waals surface area contributed by atoms with Gasteiger partial charge in [0.25, 0.3) is 0 Å². The third-order valence-electron chi connectivity index (χ3n) is 3.00. The van der Waals surface area contributed by atoms with Crippen LogP contribution in [-0.4, -0.2) is 63.2 Å². The molecule has 1 aliphatic rings. The van der Waals surface area contributed by atoms with Crippen LogP contribution in [0.15, 0.2) is 5.16 Å². The first kappa shape index (κ1) is 14.7. The number of tetrazole rings is 1. The first-order valence-electron chi connectivity index (χ1n) is 6.88. The highest BCUT2D eigenvalue weighted by atomic mass is 32.2. The number of aromatic nitrogens is 4. The molecule has 1 aliphatic heterocycles. The van der Waals surface area contributed by atoms with E-state index in [0.717, 1.165) is 43.7 Å². The van der Waals surface area contributed by atoms with Crippen molar-refractivity contribution in [2.24, 2.45) is 5.92 Å². The SMILES string of the molecule is CC(C)Cn1nnnc1SCCN1CCO[C@H](C)C1. The number of morpholine rings is 1. The molecule has 2 heterocycles. The van der Waals surface area contributed by atoms with Gasteiger partial charge in [0.15, 0.2) is 0 Å². The molecule has 0 aromatic carbocycles. The largest absolute Gasteiger partial charge is 0.376 e. The molecule has 0 radical (unpaired) electrons. The summed E-state index contributed by atoms with van der Waals surface area (Å²) in [6.45, 7) is 11.3. The molecule has 0 bridgehead atoms. The van der Waals surface area contributed by atoms with Crippen molar-refractivity contribution >= 4 is 11.8 Å². The first-order chi connectivity index (χ1) is 9.15. The lowest BCUT2D eigenvalue weighted by molar-refractivity contribution is -0.0158. The number of thioether (sulfide) groups is 1. The van der Waals surface area contributed by atoms with Crippen LogP contribution in [0.5, 0.6) is 0 Å². The first-order valence-corrected chi connectivity index (χ1v) is 7.86. The highest BCUT2D eigenvalue weighted by Gasteiger charge is 2.16. The number of hydrogen-bond donors (Lipinski definition) is 0. The van der Waals surface area contributed by atoms with Crippen LogP contribution in [-0.2, 0) is 11.3 Å². The summed E-state index contributed by atoms with van der Waals surface area (Å²) in [4.78, 5) is 2.44. The van der Waals surface area contributed by atoms with E-state index in [4.69, 9.17) is 4.74 Å². The molecule has 7 heteroatoms. The maximum atomic E-state index is 5.54. The van der Waals surface area contributed by atoms with Crippen LogP contribution in [0.25, 0.3) is 0 Å². The van der Waals surface area contributed by atoms with Gasteiger partial charge < -0.3 is 4.74 Å². The van der Waals surface area contributed by atoms with Crippen LogP contribution >= 0.6 is 11.8 Å². The van der Waals surface area contributed by atoms with Gasteiger partial charge in [0.2, 0.25) is 5.16 Å². The molecule has 2 rings (SSSR count). The second-order valence-corrected chi connectivity index (χ2v) is 6.43. The molecule has 1 aromatic heterocycles. The highest BCUT2D eigenvalue weighted by Crippen LogP contribution is 2.15. The van der Waals surface area contributed by atoms with Crippen molar-refractivity contribution in [3.05, 3.63) is 0 Å². The van der Waals surface area contributed by atoms with Crippen molar-refractivity contribution < 1.29 is 4.74 Å². The molecule has 6 nitrogen and oxygen atoms in total. The molecule has 0 unspecified atom stereocenters. The number of nitrogens with zero attached hydrogens (tertiary/aromatic N) is 5. The van der Waals surface area contributed by atoms with Gasteiger partial charge in [0.1, 0.15) is 0 Å². The molecule has 0 saturated carbocycles. The van der Waals surface area contributed by atoms with E-state index in [2.05, 4.69) is 41.2 Å². The predicted octanol–water partition coefficient (Wildman–Crippen LogP) is 1.14. The zero-order chi connectivity index (χ0) is 13.7. The summed E-state index contributed by atoms with van der Waals surface area (Å²) < 4.78 is 7.44. The van der Waals surface area contributed by atoms with E-state index < -0.39 is 0 Å². The van der Waals surface area contributed by atoms with Gasteiger partial charge in [-0.1, -0.05) is 25.6 Å². The second-order valence-electron chi connectivity index (χ2n) is 5.37. The monoisotopic (exact) mass is 285 g/mol. The minimum atomic E-state index is 0.352. The molecule has 1 aromatic rings. The second kappa shape index (κ2) is 7.21. The summed E-state index contributed by atoms with van der Waals surface area (Å²) in [7, 11) is 0. The highest BCUT2D eigenvalue weighted by molar-refractivity contribution is 7.99. The van der Waals surface area contributed by atoms with E-state index in [1.54, 1.807) is 11.8 Å². The van der Waals surface area contributed by atoms with Crippen molar-refractivity contribution in [2.45, 2.75) is 38.6 Å². The van der Waals surface area contributed by atoms with E-state index in [0.29, 0.717) is 12.0 Å². The topological polar surface area (TPSA) is 56.1 Å². The molecule has 1 atom stereocenters. The summed E-state index contributed by atoms with van der Waals surface area (Å²) >= 11 is 1.73. The van der Waals surface area contributed by atoms with Gasteiger partial charge in [-0.25, -0.2) is 4.68 Å². The Morgan fingerprint density at radius 1 is 1.47 bits per heavy atom. The van der Waals surface area contributed by atoms with Crippen LogP contribution < -0.4 is 0 Å². The molecule has 108 valence electrons. The molecule has 0 N–H and O–H groups in total. The summed E-state index contributed by atoms with van der Waals surface area (Å²) in [6.07, 6.45) is 0.352. The number of ether oxygens (including phenoxy) is 1. The van der Waals surface area contributed by atoms with Crippen LogP contribution in [0.2, 0.25) is 0 Å². The number of rotatable bonds is 6. The van der Waals surface area contributed by atoms with Crippen molar-refractivity contribution in [1.82, 2.24) is 25.1 Å². The molecule has 0 aliphatic carbocycles. The minimum Gasteiger partial charge on any atom is -0.376 e. The molecular weight excluding hydrogens is 262 g/mol. The Balaban J connectivity index is 1.74. The van der Waals surface area contributed by atoms with Gasteiger partial charge in [0, 0.05) is 31.9 Å². The van der Waals surface area contributed by atoms with Crippen molar-refractivity contribution in [1.29, 1.82) is 0 Å². The third-order valence-corrected chi connectivity index (χ3v) is 3.94. The Kier molecular flexibility index (Phi) is 5.59. The molecule has 19 heavy (non-hydrogen) atoms.